The minimum Gasteiger partial charge on any atom is -0.490 e. The van der Waals surface area contributed by atoms with Crippen LogP contribution in [0.15, 0.2) is 52.4 Å². The number of rotatable bonds is 7. The van der Waals surface area contributed by atoms with Crippen LogP contribution in [0.3, 0.4) is 0 Å². The second kappa shape index (κ2) is 9.30. The van der Waals surface area contributed by atoms with E-state index in [4.69, 9.17) is 9.47 Å². The molecule has 0 aliphatic carbocycles. The molecule has 0 radical (unpaired) electrons. The molecule has 0 atom stereocenters. The van der Waals surface area contributed by atoms with E-state index in [1.807, 2.05) is 44.4 Å². The molecular weight excluding hydrogens is 386 g/mol. The average Bonchev–Trinajstić information content (AvgIpc) is 2.72. The zero-order valence-electron chi connectivity index (χ0n) is 16.5. The molecule has 1 N–H and O–H groups in total. The van der Waals surface area contributed by atoms with E-state index in [2.05, 4.69) is 16.0 Å². The molecule has 148 valence electrons. The van der Waals surface area contributed by atoms with Crippen LogP contribution in [-0.4, -0.2) is 22.8 Å². The number of thioether (sulfide) groups is 1. The number of hydrogen-bond acceptors (Lipinski definition) is 6. The number of aromatic nitrogens is 2. The lowest BCUT2D eigenvalue weighted by molar-refractivity contribution is 0.269. The van der Waals surface area contributed by atoms with E-state index >= 15 is 0 Å². The third-order valence-corrected chi connectivity index (χ3v) is 4.78. The largest absolute Gasteiger partial charge is 0.490 e. The fourth-order valence-electron chi connectivity index (χ4n) is 2.87. The molecule has 0 unspecified atom stereocenters. The van der Waals surface area contributed by atoms with Crippen molar-refractivity contribution >= 4 is 11.8 Å². The predicted octanol–water partition coefficient (Wildman–Crippen LogP) is 4.32. The van der Waals surface area contributed by atoms with Crippen LogP contribution in [0.2, 0.25) is 0 Å². The van der Waals surface area contributed by atoms with E-state index < -0.39 is 5.56 Å². The summed E-state index contributed by atoms with van der Waals surface area (Å²) in [6.45, 7) is 4.78. The zero-order valence-corrected chi connectivity index (χ0v) is 17.3. The number of H-pyrrole nitrogens is 1. The highest BCUT2D eigenvalue weighted by atomic mass is 32.2. The number of aryl methyl sites for hydroxylation is 1. The van der Waals surface area contributed by atoms with Crippen LogP contribution in [0.4, 0.5) is 0 Å². The molecule has 1 aromatic heterocycles. The SMILES string of the molecule is CCOc1cc(-c2nc(SC)[nH]c(=O)c2C#N)ccc1OCc1cccc(C)c1. The molecule has 3 rings (SSSR count). The summed E-state index contributed by atoms with van der Waals surface area (Å²) in [6.07, 6.45) is 1.81. The van der Waals surface area contributed by atoms with Crippen molar-refractivity contribution < 1.29 is 9.47 Å². The van der Waals surface area contributed by atoms with Gasteiger partial charge in [-0.05, 0) is 43.9 Å². The number of hydrogen-bond donors (Lipinski definition) is 1. The van der Waals surface area contributed by atoms with Gasteiger partial charge in [0.25, 0.3) is 5.56 Å². The van der Waals surface area contributed by atoms with Crippen LogP contribution in [0.5, 0.6) is 11.5 Å². The Balaban J connectivity index is 1.97. The van der Waals surface area contributed by atoms with E-state index in [0.29, 0.717) is 41.1 Å². The standard InChI is InChI=1S/C22H21N3O3S/c1-4-27-19-11-16(20-17(12-23)21(26)25-22(24-20)29-3)8-9-18(19)28-13-15-7-5-6-14(2)10-15/h5-11H,4,13H2,1-3H3,(H,24,25,26). The molecule has 0 spiro atoms. The van der Waals surface area contributed by atoms with Gasteiger partial charge in [-0.25, -0.2) is 4.98 Å². The molecule has 0 aliphatic heterocycles. The Morgan fingerprint density at radius 3 is 2.69 bits per heavy atom. The fourth-order valence-corrected chi connectivity index (χ4v) is 3.25. The van der Waals surface area contributed by atoms with Gasteiger partial charge in [-0.15, -0.1) is 0 Å². The molecule has 6 nitrogen and oxygen atoms in total. The summed E-state index contributed by atoms with van der Waals surface area (Å²) in [4.78, 5) is 19.2. The highest BCUT2D eigenvalue weighted by Crippen LogP contribution is 2.33. The molecule has 0 bridgehead atoms. The number of nitriles is 1. The first kappa shape index (κ1) is 20.5. The fraction of sp³-hybridized carbons (Fsp3) is 0.227. The van der Waals surface area contributed by atoms with Crippen molar-refractivity contribution in [1.82, 2.24) is 9.97 Å². The molecule has 0 saturated heterocycles. The van der Waals surface area contributed by atoms with E-state index in [1.54, 1.807) is 18.2 Å². The van der Waals surface area contributed by atoms with Gasteiger partial charge in [0.1, 0.15) is 18.2 Å². The second-order valence-corrected chi connectivity index (χ2v) is 7.08. The highest BCUT2D eigenvalue weighted by Gasteiger charge is 2.16. The number of benzene rings is 2. The van der Waals surface area contributed by atoms with Gasteiger partial charge < -0.3 is 14.5 Å². The molecule has 0 fully saturated rings. The maximum absolute atomic E-state index is 12.2. The Morgan fingerprint density at radius 1 is 1.17 bits per heavy atom. The highest BCUT2D eigenvalue weighted by molar-refractivity contribution is 7.98. The maximum atomic E-state index is 12.2. The van der Waals surface area contributed by atoms with E-state index in [-0.39, 0.29) is 5.56 Å². The molecule has 7 heteroatoms. The number of nitrogens with zero attached hydrogens (tertiary/aromatic N) is 2. The van der Waals surface area contributed by atoms with E-state index in [1.165, 1.54) is 17.3 Å². The van der Waals surface area contributed by atoms with E-state index in [9.17, 15) is 10.1 Å². The first-order valence-electron chi connectivity index (χ1n) is 9.09. The van der Waals surface area contributed by atoms with E-state index in [0.717, 1.165) is 5.56 Å². The number of ether oxygens (including phenoxy) is 2. The van der Waals surface area contributed by atoms with Crippen molar-refractivity contribution in [2.45, 2.75) is 25.6 Å². The summed E-state index contributed by atoms with van der Waals surface area (Å²) in [7, 11) is 0. The van der Waals surface area contributed by atoms with Crippen LogP contribution in [0.1, 0.15) is 23.6 Å². The van der Waals surface area contributed by atoms with Gasteiger partial charge in [-0.3, -0.25) is 4.79 Å². The molecule has 29 heavy (non-hydrogen) atoms. The number of aromatic amines is 1. The maximum Gasteiger partial charge on any atom is 0.270 e. The van der Waals surface area contributed by atoms with Crippen LogP contribution in [0, 0.1) is 18.3 Å². The molecule has 0 saturated carbocycles. The molecule has 0 amide bonds. The Morgan fingerprint density at radius 2 is 2.00 bits per heavy atom. The van der Waals surface area contributed by atoms with Crippen molar-refractivity contribution in [1.29, 1.82) is 5.26 Å². The Kier molecular flexibility index (Phi) is 6.57. The third kappa shape index (κ3) is 4.79. The summed E-state index contributed by atoms with van der Waals surface area (Å²) in [5.74, 6) is 1.12. The van der Waals surface area contributed by atoms with Crippen LogP contribution in [0.25, 0.3) is 11.3 Å². The summed E-state index contributed by atoms with van der Waals surface area (Å²) in [5.41, 5.74) is 2.68. The molecule has 3 aromatic rings. The summed E-state index contributed by atoms with van der Waals surface area (Å²) >= 11 is 1.30. The van der Waals surface area contributed by atoms with Gasteiger partial charge in [-0.1, -0.05) is 41.6 Å². The summed E-state index contributed by atoms with van der Waals surface area (Å²) in [6, 6.07) is 15.4. The van der Waals surface area contributed by atoms with Crippen molar-refractivity contribution in [2.75, 3.05) is 12.9 Å². The smallest absolute Gasteiger partial charge is 0.270 e. The summed E-state index contributed by atoms with van der Waals surface area (Å²) in [5, 5.41) is 9.86. The monoisotopic (exact) mass is 407 g/mol. The van der Waals surface area contributed by atoms with Gasteiger partial charge in [-0.2, -0.15) is 5.26 Å². The minimum absolute atomic E-state index is 0.0290. The molecule has 1 heterocycles. The van der Waals surface area contributed by atoms with Crippen molar-refractivity contribution in [3.05, 3.63) is 69.5 Å². The van der Waals surface area contributed by atoms with Gasteiger partial charge in [0, 0.05) is 5.56 Å². The van der Waals surface area contributed by atoms with Crippen molar-refractivity contribution in [3.63, 3.8) is 0 Å². The predicted molar refractivity (Wildman–Crippen MR) is 113 cm³/mol. The second-order valence-electron chi connectivity index (χ2n) is 6.28. The Labute approximate surface area is 173 Å². The van der Waals surface area contributed by atoms with Crippen molar-refractivity contribution in [3.8, 4) is 28.8 Å². The lowest BCUT2D eigenvalue weighted by Gasteiger charge is -2.14. The van der Waals surface area contributed by atoms with Gasteiger partial charge in [0.05, 0.1) is 12.3 Å². The van der Waals surface area contributed by atoms with Crippen LogP contribution < -0.4 is 15.0 Å². The number of nitrogens with one attached hydrogen (secondary N) is 1. The van der Waals surface area contributed by atoms with Crippen molar-refractivity contribution in [2.24, 2.45) is 0 Å². The van der Waals surface area contributed by atoms with Gasteiger partial charge in [0.15, 0.2) is 16.7 Å². The Bertz CT molecular complexity index is 1120. The van der Waals surface area contributed by atoms with Crippen LogP contribution in [-0.2, 0) is 6.61 Å². The van der Waals surface area contributed by atoms with Crippen LogP contribution >= 0.6 is 11.8 Å². The zero-order chi connectivity index (χ0) is 20.8. The van der Waals surface area contributed by atoms with Gasteiger partial charge in [0.2, 0.25) is 0 Å². The average molecular weight is 407 g/mol. The Hall–Kier alpha value is -3.24. The first-order chi connectivity index (χ1) is 14.0. The summed E-state index contributed by atoms with van der Waals surface area (Å²) < 4.78 is 11.7. The quantitative estimate of drug-likeness (QED) is 0.464. The molecule has 0 aliphatic rings. The first-order valence-corrected chi connectivity index (χ1v) is 10.3. The minimum atomic E-state index is -0.459. The lowest BCUT2D eigenvalue weighted by atomic mass is 10.1. The molecular formula is C22H21N3O3S. The third-order valence-electron chi connectivity index (χ3n) is 4.20. The molecule has 2 aromatic carbocycles. The van der Waals surface area contributed by atoms with Gasteiger partial charge >= 0.3 is 0 Å². The normalized spacial score (nSPS) is 10.4. The topological polar surface area (TPSA) is 88.0 Å². The lowest BCUT2D eigenvalue weighted by Crippen LogP contribution is -2.14.